The second-order valence-electron chi connectivity index (χ2n) is 13.8. The maximum absolute atomic E-state index is 12.9. The number of carboxylic acids is 4. The maximum Gasteiger partial charge on any atom is 0.327 e. The molecular weight excluding hydrogens is 917 g/mol. The topological polar surface area (TPSA) is 408 Å². The number of nitrogen functional groups attached to an aromatic ring is 1. The molecule has 0 aliphatic rings. The van der Waals surface area contributed by atoms with E-state index in [4.69, 9.17) is 5.73 Å². The fourth-order valence-electron chi connectivity index (χ4n) is 5.53. The molecule has 2 atom stereocenters. The minimum atomic E-state index is -1.43. The van der Waals surface area contributed by atoms with Crippen molar-refractivity contribution in [3.63, 3.8) is 0 Å². The highest BCUT2D eigenvalue weighted by Crippen LogP contribution is 2.21. The number of benzene rings is 1. The Kier molecular flexibility index (Phi) is 22.5. The zero-order valence-corrected chi connectivity index (χ0v) is 36.6. The molecule has 12 N–H and O–H groups in total. The Morgan fingerprint density at radius 3 is 2.03 bits per heavy atom. The first-order valence-electron chi connectivity index (χ1n) is 19.6. The van der Waals surface area contributed by atoms with Crippen LogP contribution in [-0.2, 0) is 49.6 Å². The summed E-state index contributed by atoms with van der Waals surface area (Å²) in [6.45, 7) is -2.42. The smallest absolute Gasteiger partial charge is 0.327 e. The summed E-state index contributed by atoms with van der Waals surface area (Å²) in [6.07, 6.45) is 0.826. The van der Waals surface area contributed by atoms with E-state index in [9.17, 15) is 68.4 Å². The van der Waals surface area contributed by atoms with Crippen molar-refractivity contribution in [3.05, 3.63) is 52.1 Å². The van der Waals surface area contributed by atoms with Crippen LogP contribution < -0.4 is 37.9 Å². The van der Waals surface area contributed by atoms with Crippen LogP contribution in [0.25, 0.3) is 11.2 Å². The van der Waals surface area contributed by atoms with Gasteiger partial charge in [0.1, 0.15) is 18.7 Å². The molecule has 0 saturated heterocycles. The van der Waals surface area contributed by atoms with E-state index in [0.717, 1.165) is 15.7 Å². The van der Waals surface area contributed by atoms with E-state index in [0.29, 0.717) is 17.1 Å². The zero-order valence-electron chi connectivity index (χ0n) is 34.9. The third-order valence-corrected chi connectivity index (χ3v) is 11.0. The van der Waals surface area contributed by atoms with Gasteiger partial charge in [-0.05, 0) is 30.7 Å². The number of fused-ring (bicyclic) bond motifs is 1. The van der Waals surface area contributed by atoms with Crippen molar-refractivity contribution in [2.75, 3.05) is 81.5 Å². The largest absolute Gasteiger partial charge is 0.480 e. The Hall–Kier alpha value is -7.11. The molecule has 27 nitrogen and oxygen atoms in total. The summed E-state index contributed by atoms with van der Waals surface area (Å²) < 4.78 is 4.54. The van der Waals surface area contributed by atoms with Crippen LogP contribution >= 0.6 is 21.6 Å². The Balaban J connectivity index is 1.40. The van der Waals surface area contributed by atoms with E-state index in [2.05, 4.69) is 51.3 Å². The summed E-state index contributed by atoms with van der Waals surface area (Å²) in [6, 6.07) is 3.25. The Labute approximate surface area is 381 Å². The number of nitrogens with zero attached hydrogens (tertiary/aromatic N) is 5. The quantitative estimate of drug-likeness (QED) is 0.0169. The first-order valence-corrected chi connectivity index (χ1v) is 22.0. The van der Waals surface area contributed by atoms with E-state index in [1.54, 1.807) is 12.1 Å². The highest BCUT2D eigenvalue weighted by atomic mass is 33.1. The number of aliphatic carboxylic acids is 4. The van der Waals surface area contributed by atoms with Crippen molar-refractivity contribution in [2.45, 2.75) is 31.5 Å². The minimum Gasteiger partial charge on any atom is -0.480 e. The van der Waals surface area contributed by atoms with Gasteiger partial charge in [0.25, 0.3) is 17.9 Å². The maximum atomic E-state index is 12.9. The van der Waals surface area contributed by atoms with E-state index in [1.165, 1.54) is 34.0 Å². The highest BCUT2D eigenvalue weighted by Gasteiger charge is 2.25. The number of anilines is 2. The fourth-order valence-corrected chi connectivity index (χ4v) is 7.53. The molecule has 358 valence electrons. The van der Waals surface area contributed by atoms with Gasteiger partial charge in [-0.25, -0.2) is 19.6 Å². The van der Waals surface area contributed by atoms with Crippen LogP contribution in [0.4, 0.5) is 11.6 Å². The summed E-state index contributed by atoms with van der Waals surface area (Å²) in [4.78, 5) is 136. The van der Waals surface area contributed by atoms with Crippen molar-refractivity contribution >= 4 is 98.4 Å². The number of rotatable bonds is 32. The lowest BCUT2D eigenvalue weighted by Crippen LogP contribution is -2.49. The number of nitrogens with one attached hydrogen (secondary N) is 6. The van der Waals surface area contributed by atoms with E-state index < -0.39 is 91.3 Å². The molecule has 3 rings (SSSR count). The highest BCUT2D eigenvalue weighted by molar-refractivity contribution is 8.76. The average Bonchev–Trinajstić information content (AvgIpc) is 3.25. The number of carbonyl (C=O) groups is 9. The summed E-state index contributed by atoms with van der Waals surface area (Å²) in [5, 5.41) is 50.7. The van der Waals surface area contributed by atoms with E-state index in [-0.39, 0.29) is 87.1 Å². The van der Waals surface area contributed by atoms with Gasteiger partial charge >= 0.3 is 23.9 Å². The lowest BCUT2D eigenvalue weighted by atomic mass is 10.1. The van der Waals surface area contributed by atoms with Gasteiger partial charge in [-0.15, -0.1) is 0 Å². The van der Waals surface area contributed by atoms with Crippen LogP contribution in [-0.4, -0.2) is 187 Å². The third kappa shape index (κ3) is 20.2. The molecule has 0 aliphatic heterocycles. The number of nitrogens with two attached hydrogens (primary N) is 1. The van der Waals surface area contributed by atoms with Gasteiger partial charge < -0.3 is 57.5 Å². The summed E-state index contributed by atoms with van der Waals surface area (Å²) >= 11 is 0. The van der Waals surface area contributed by atoms with Crippen molar-refractivity contribution in [1.82, 2.24) is 51.0 Å². The first kappa shape index (κ1) is 53.2. The summed E-state index contributed by atoms with van der Waals surface area (Å²) in [7, 11) is 2.31. The molecule has 0 aliphatic carbocycles. The van der Waals surface area contributed by atoms with Crippen LogP contribution in [0.3, 0.4) is 0 Å². The second kappa shape index (κ2) is 27.9. The van der Waals surface area contributed by atoms with Gasteiger partial charge in [0, 0.05) is 55.4 Å². The van der Waals surface area contributed by atoms with E-state index >= 15 is 0 Å². The average molecular weight is 965 g/mol. The molecule has 29 heteroatoms. The normalized spacial score (nSPS) is 11.8. The molecule has 0 spiro atoms. The van der Waals surface area contributed by atoms with Crippen LogP contribution in [0.5, 0.6) is 0 Å². The Morgan fingerprint density at radius 2 is 1.42 bits per heavy atom. The molecule has 0 bridgehead atoms. The molecule has 2 aromatic heterocycles. The number of ether oxygens (including phenoxy) is 1. The molecule has 3 aromatic rings. The molecule has 4 amide bonds. The Morgan fingerprint density at radius 1 is 0.803 bits per heavy atom. The lowest BCUT2D eigenvalue weighted by Gasteiger charge is -2.25. The van der Waals surface area contributed by atoms with Crippen LogP contribution in [0, 0.1) is 0 Å². The number of hydrogen-bond acceptors (Lipinski definition) is 20. The number of aromatic amines is 1. The van der Waals surface area contributed by atoms with Crippen molar-refractivity contribution in [2.24, 2.45) is 0 Å². The number of hydrogen-bond donors (Lipinski definition) is 11. The zero-order chi connectivity index (χ0) is 48.6. The number of carbonyl (C=O) groups excluding carboxylic acids is 5. The van der Waals surface area contributed by atoms with Gasteiger partial charge in [0.2, 0.25) is 23.7 Å². The van der Waals surface area contributed by atoms with Crippen molar-refractivity contribution in [3.8, 4) is 0 Å². The fraction of sp³-hybridized carbons (Fsp3) is 0.432. The molecule has 1 aromatic carbocycles. The van der Waals surface area contributed by atoms with Gasteiger partial charge in [0.15, 0.2) is 11.2 Å². The van der Waals surface area contributed by atoms with Gasteiger partial charge in [0.05, 0.1) is 44.6 Å². The Bertz CT molecular complexity index is 2250. The van der Waals surface area contributed by atoms with Gasteiger partial charge in [-0.1, -0.05) is 21.6 Å². The third-order valence-electron chi connectivity index (χ3n) is 8.63. The second-order valence-corrected chi connectivity index (χ2v) is 16.4. The standard InChI is InChI=1S/C37H48N12O15S2/c38-37-46-32-31(34(59)47-37)43-23(14-42-32)13-41-22-3-1-21(2-4-22)33(58)45-24(35(60)61)5-6-26(51)39-7-8-40-27(52)15-48(17-29(54)55)9-10-49(18-30(56)57)16-28(53)44-25(36(62)63)19-66-65-12-11-64-20-50/h1-4,14,20,24-25,41H,5-13,15-19H2,(H,39,51)(H,40,52)(H,44,53)(H,45,58)(H,54,55)(H,56,57)(H,60,61)(H,62,63)(H3,38,42,46,47,59)/t24-,25+/m1/s1. The summed E-state index contributed by atoms with van der Waals surface area (Å²) in [5.41, 5.74) is 6.18. The molecule has 0 saturated carbocycles. The molecule has 0 radical (unpaired) electrons. The van der Waals surface area contributed by atoms with Crippen LogP contribution in [0.1, 0.15) is 28.9 Å². The molecule has 66 heavy (non-hydrogen) atoms. The molecule has 0 unspecified atom stereocenters. The molecule has 0 fully saturated rings. The first-order chi connectivity index (χ1) is 31.4. The number of amides is 4. The van der Waals surface area contributed by atoms with Gasteiger partial charge in [-0.3, -0.25) is 53.1 Å². The molecular formula is C37H48N12O15S2. The number of aromatic nitrogens is 4. The minimum absolute atomic E-state index is 0.00695. The van der Waals surface area contributed by atoms with Crippen LogP contribution in [0.2, 0.25) is 0 Å². The van der Waals surface area contributed by atoms with E-state index in [1.807, 2.05) is 0 Å². The monoisotopic (exact) mass is 964 g/mol. The number of H-pyrrole nitrogens is 1. The number of carboxylic acid groups (broad SMARTS) is 4. The van der Waals surface area contributed by atoms with Crippen molar-refractivity contribution in [1.29, 1.82) is 0 Å². The SMILES string of the molecule is Nc1nc2ncc(CNc3ccc(C(=O)N[C@H](CCC(=O)NCCNC(=O)CN(CCN(CC(=O)O)CC(=O)N[C@@H](CSSCCOC=O)C(=O)O)CC(=O)O)C(=O)O)cc3)nc2c(=O)[nH]1. The summed E-state index contributed by atoms with van der Waals surface area (Å²) in [5.74, 6) is -7.95. The predicted octanol–water partition coefficient (Wildman–Crippen LogP) is -3.00. The van der Waals surface area contributed by atoms with Crippen LogP contribution in [0.15, 0.2) is 35.3 Å². The lowest BCUT2D eigenvalue weighted by molar-refractivity contribution is -0.142. The van der Waals surface area contributed by atoms with Crippen molar-refractivity contribution < 1.29 is 68.3 Å². The predicted molar refractivity (Wildman–Crippen MR) is 235 cm³/mol. The van der Waals surface area contributed by atoms with Gasteiger partial charge in [-0.2, -0.15) is 4.98 Å². The molecule has 2 heterocycles.